The van der Waals surface area contributed by atoms with Gasteiger partial charge in [-0.3, -0.25) is 0 Å². The summed E-state index contributed by atoms with van der Waals surface area (Å²) < 4.78 is 19.8. The molecule has 0 saturated heterocycles. The lowest BCUT2D eigenvalue weighted by Crippen LogP contribution is -1.95. The van der Waals surface area contributed by atoms with Crippen LogP contribution in [0.5, 0.6) is 0 Å². The molecule has 4 heteroatoms. The molecule has 0 N–H and O–H groups in total. The summed E-state index contributed by atoms with van der Waals surface area (Å²) in [6.45, 7) is 0. The number of para-hydroxylation sites is 2. The second-order valence-electron chi connectivity index (χ2n) is 15.2. The van der Waals surface area contributed by atoms with Gasteiger partial charge in [0, 0.05) is 21.9 Å². The highest BCUT2D eigenvalue weighted by Crippen LogP contribution is 2.50. The Morgan fingerprint density at radius 1 is 0.276 bits per heavy atom. The summed E-state index contributed by atoms with van der Waals surface area (Å²) in [6, 6.07) is 69.1. The summed E-state index contributed by atoms with van der Waals surface area (Å²) in [5, 5.41) is 4.29. The minimum atomic E-state index is 0.835. The van der Waals surface area contributed by atoms with Crippen LogP contribution in [0.15, 0.2) is 203 Å². The fourth-order valence-electron chi connectivity index (χ4n) is 9.54. The van der Waals surface area contributed by atoms with Crippen molar-refractivity contribution < 1.29 is 8.83 Å². The third-order valence-electron chi connectivity index (χ3n) is 12.1. The van der Waals surface area contributed by atoms with Gasteiger partial charge in [0.05, 0.1) is 32.8 Å². The monoisotopic (exact) mass is 740 g/mol. The van der Waals surface area contributed by atoms with E-state index in [0.717, 1.165) is 110 Å². The zero-order valence-electron chi connectivity index (χ0n) is 31.2. The largest absolute Gasteiger partial charge is 0.452 e. The van der Waals surface area contributed by atoms with E-state index in [1.165, 1.54) is 11.1 Å². The lowest BCUT2D eigenvalue weighted by molar-refractivity contribution is 0.654. The molecule has 0 fully saturated rings. The van der Waals surface area contributed by atoms with Crippen LogP contribution in [0.2, 0.25) is 0 Å². The highest BCUT2D eigenvalue weighted by Gasteiger charge is 2.29. The first-order chi connectivity index (χ1) is 28.8. The van der Waals surface area contributed by atoms with E-state index in [1.807, 2.05) is 0 Å². The lowest BCUT2D eigenvalue weighted by atomic mass is 10.0. The van der Waals surface area contributed by atoms with Crippen LogP contribution in [0.4, 0.5) is 0 Å². The molecule has 0 amide bonds. The van der Waals surface area contributed by atoms with Gasteiger partial charge >= 0.3 is 0 Å². The number of hydrogen-bond acceptors (Lipinski definition) is 2. The van der Waals surface area contributed by atoms with Crippen LogP contribution in [0, 0.1) is 0 Å². The molecule has 13 rings (SSSR count). The number of aromatic nitrogens is 2. The molecule has 0 unspecified atom stereocenters. The lowest BCUT2D eigenvalue weighted by Gasteiger charge is -2.14. The van der Waals surface area contributed by atoms with Gasteiger partial charge < -0.3 is 17.6 Å². The molecule has 0 spiro atoms. The molecule has 270 valence electrons. The molecule has 0 aliphatic rings. The zero-order chi connectivity index (χ0) is 37.9. The van der Waals surface area contributed by atoms with Crippen LogP contribution in [0.3, 0.4) is 0 Å². The Labute approximate surface area is 332 Å². The number of rotatable bonds is 4. The molecule has 4 aromatic heterocycles. The highest BCUT2D eigenvalue weighted by atomic mass is 16.3. The molecule has 13 aromatic rings. The molecule has 58 heavy (non-hydrogen) atoms. The van der Waals surface area contributed by atoms with Gasteiger partial charge in [-0.15, -0.1) is 0 Å². The first-order valence-electron chi connectivity index (χ1n) is 19.8. The summed E-state index contributed by atoms with van der Waals surface area (Å²) in [7, 11) is 0. The highest BCUT2D eigenvalue weighted by molar-refractivity contribution is 6.35. The summed E-state index contributed by atoms with van der Waals surface area (Å²) in [4.78, 5) is 0. The molecule has 4 nitrogen and oxygen atoms in total. The van der Waals surface area contributed by atoms with Crippen LogP contribution in [0.25, 0.3) is 121 Å². The summed E-state index contributed by atoms with van der Waals surface area (Å²) >= 11 is 0. The maximum Gasteiger partial charge on any atom is 0.162 e. The van der Waals surface area contributed by atoms with Crippen molar-refractivity contribution in [1.82, 2.24) is 8.80 Å². The van der Waals surface area contributed by atoms with Crippen molar-refractivity contribution in [2.24, 2.45) is 0 Å². The van der Waals surface area contributed by atoms with Gasteiger partial charge in [0.15, 0.2) is 22.3 Å². The average molecular weight is 741 g/mol. The molecule has 0 aliphatic carbocycles. The molecular formula is C54H32N2O2. The van der Waals surface area contributed by atoms with Gasteiger partial charge in [-0.05, 0) is 69.8 Å². The van der Waals surface area contributed by atoms with Crippen molar-refractivity contribution in [3.05, 3.63) is 194 Å². The molecule has 0 bridgehead atoms. The van der Waals surface area contributed by atoms with E-state index in [1.54, 1.807) is 0 Å². The van der Waals surface area contributed by atoms with E-state index >= 15 is 0 Å². The Balaban J connectivity index is 1.32. The standard InChI is InChI=1S/C54H32N2O2/c1-5-15-33(16-6-1)37-27-29-43-41(31-37)47-49-54(58-51-39(35-19-9-3-10-20-35)23-13-25-45(51)55(43)49)48-42-32-38(34-17-7-2-8-18-34)28-30-44(42)56-46-26-14-24-40(36-21-11-4-12-22-36)52(46)57-53(47)50(48)56/h1-32H. The third kappa shape index (κ3) is 4.29. The predicted octanol–water partition coefficient (Wildman–Crippen LogP) is 15.0. The van der Waals surface area contributed by atoms with Crippen LogP contribution < -0.4 is 0 Å². The van der Waals surface area contributed by atoms with E-state index in [-0.39, 0.29) is 0 Å². The fraction of sp³-hybridized carbons (Fsp3) is 0. The van der Waals surface area contributed by atoms with Crippen molar-refractivity contribution in [2.45, 2.75) is 0 Å². The van der Waals surface area contributed by atoms with E-state index < -0.39 is 0 Å². The molecule has 4 heterocycles. The van der Waals surface area contributed by atoms with Gasteiger partial charge in [0.2, 0.25) is 0 Å². The summed E-state index contributed by atoms with van der Waals surface area (Å²) in [5.74, 6) is 0. The summed E-state index contributed by atoms with van der Waals surface area (Å²) in [5.41, 5.74) is 18.5. The first kappa shape index (κ1) is 31.4. The predicted molar refractivity (Wildman–Crippen MR) is 240 cm³/mol. The molecule has 0 aliphatic heterocycles. The molecule has 0 atom stereocenters. The van der Waals surface area contributed by atoms with E-state index in [0.29, 0.717) is 0 Å². The molecular weight excluding hydrogens is 709 g/mol. The smallest absolute Gasteiger partial charge is 0.162 e. The van der Waals surface area contributed by atoms with Crippen LogP contribution in [-0.4, -0.2) is 8.80 Å². The quantitative estimate of drug-likeness (QED) is 0.168. The van der Waals surface area contributed by atoms with Gasteiger partial charge in [0.25, 0.3) is 0 Å². The van der Waals surface area contributed by atoms with E-state index in [4.69, 9.17) is 8.83 Å². The maximum absolute atomic E-state index is 7.47. The van der Waals surface area contributed by atoms with Gasteiger partial charge in [-0.2, -0.15) is 0 Å². The average Bonchev–Trinajstić information content (AvgIpc) is 3.83. The van der Waals surface area contributed by atoms with Gasteiger partial charge in [-0.25, -0.2) is 0 Å². The van der Waals surface area contributed by atoms with Gasteiger partial charge in [0.1, 0.15) is 11.0 Å². The summed E-state index contributed by atoms with van der Waals surface area (Å²) in [6.07, 6.45) is 0. The number of hydrogen-bond donors (Lipinski definition) is 0. The Bertz CT molecular complexity index is 3510. The van der Waals surface area contributed by atoms with E-state index in [9.17, 15) is 0 Å². The second kappa shape index (κ2) is 11.8. The van der Waals surface area contributed by atoms with Crippen LogP contribution >= 0.6 is 0 Å². The van der Waals surface area contributed by atoms with Crippen molar-refractivity contribution in [3.63, 3.8) is 0 Å². The van der Waals surface area contributed by atoms with Crippen molar-refractivity contribution in [1.29, 1.82) is 0 Å². The Hall–Kier alpha value is -7.82. The minimum Gasteiger partial charge on any atom is -0.452 e. The fourth-order valence-corrected chi connectivity index (χ4v) is 9.54. The van der Waals surface area contributed by atoms with Crippen molar-refractivity contribution in [2.75, 3.05) is 0 Å². The van der Waals surface area contributed by atoms with E-state index in [2.05, 4.69) is 203 Å². The maximum atomic E-state index is 7.47. The first-order valence-corrected chi connectivity index (χ1v) is 19.8. The number of nitrogens with zero attached hydrogens (tertiary/aromatic N) is 2. The van der Waals surface area contributed by atoms with Crippen LogP contribution in [-0.2, 0) is 0 Å². The molecule has 0 radical (unpaired) electrons. The zero-order valence-corrected chi connectivity index (χ0v) is 31.2. The third-order valence-corrected chi connectivity index (χ3v) is 12.1. The number of benzene rings is 9. The topological polar surface area (TPSA) is 35.1 Å². The normalized spacial score (nSPS) is 12.1. The van der Waals surface area contributed by atoms with Crippen molar-refractivity contribution >= 4 is 77.0 Å². The second-order valence-corrected chi connectivity index (χ2v) is 15.2. The SMILES string of the molecule is c1ccc(-c2ccc3c(c2)c2c4oc5c(-c6ccccc6)cccc5n5c6ccc(-c7ccccc7)cc6c(c6oc7c(-c8ccccc8)cccc7n3c62)c45)cc1. The number of fused-ring (bicyclic) bond motifs is 12. The Kier molecular flexibility index (Phi) is 6.41. The van der Waals surface area contributed by atoms with Crippen molar-refractivity contribution in [3.8, 4) is 44.5 Å². The van der Waals surface area contributed by atoms with Crippen LogP contribution in [0.1, 0.15) is 0 Å². The molecule has 9 aromatic carbocycles. The minimum absolute atomic E-state index is 0.835. The van der Waals surface area contributed by atoms with Gasteiger partial charge in [-0.1, -0.05) is 158 Å². The Morgan fingerprint density at radius 2 is 0.655 bits per heavy atom. The Morgan fingerprint density at radius 3 is 1.05 bits per heavy atom. The molecule has 0 saturated carbocycles.